The van der Waals surface area contributed by atoms with Gasteiger partial charge in [-0.25, -0.2) is 0 Å². The third kappa shape index (κ3) is 8.64. The number of hydrogen-bond donors (Lipinski definition) is 2. The minimum atomic E-state index is -4.87. The van der Waals surface area contributed by atoms with E-state index in [1.807, 2.05) is 0 Å². The molecule has 4 nitrogen and oxygen atoms in total. The van der Waals surface area contributed by atoms with E-state index in [9.17, 15) is 49.6 Å². The fourth-order valence-corrected chi connectivity index (χ4v) is 5.94. The topological polar surface area (TPSA) is 49.7 Å². The van der Waals surface area contributed by atoms with Gasteiger partial charge in [0.1, 0.15) is 0 Å². The Hall–Kier alpha value is -3.07. The van der Waals surface area contributed by atoms with Gasteiger partial charge in [-0.1, -0.05) is 67.8 Å². The first-order valence-electron chi connectivity index (χ1n) is 14.4. The van der Waals surface area contributed by atoms with Crippen molar-refractivity contribution in [2.24, 2.45) is 0 Å². The van der Waals surface area contributed by atoms with Crippen LogP contribution in [0.15, 0.2) is 72.8 Å². The van der Waals surface area contributed by atoms with Gasteiger partial charge >= 0.3 is 25.9 Å². The first-order chi connectivity index (χ1) is 21.0. The average Bonchev–Trinajstić information content (AvgIpc) is 3.11. The summed E-state index contributed by atoms with van der Waals surface area (Å²) in [6.45, 7) is 0. The van der Waals surface area contributed by atoms with Crippen LogP contribution in [0, 0.1) is 0 Å². The molecule has 14 heteroatoms. The minimum Gasteiger partial charge on any atom is -0.402 e. The van der Waals surface area contributed by atoms with Crippen LogP contribution in [0.25, 0.3) is 0 Å². The van der Waals surface area contributed by atoms with E-state index in [1.165, 1.54) is 18.2 Å². The summed E-state index contributed by atoms with van der Waals surface area (Å²) >= 11 is 0. The van der Waals surface area contributed by atoms with Crippen LogP contribution in [-0.4, -0.2) is 50.0 Å². The normalized spacial score (nSPS) is 19.1. The lowest BCUT2D eigenvalue weighted by Crippen LogP contribution is -2.54. The first-order valence-corrected chi connectivity index (χ1v) is 14.4. The lowest BCUT2D eigenvalue weighted by molar-refractivity contribution is -0.849. The van der Waals surface area contributed by atoms with Crippen molar-refractivity contribution < 1.29 is 58.7 Å². The first kappa shape index (κ1) is 37.4. The minimum absolute atomic E-state index is 0.182. The number of rotatable bonds is 5. The van der Waals surface area contributed by atoms with Gasteiger partial charge < -0.3 is 19.2 Å². The van der Waals surface area contributed by atoms with E-state index in [4.69, 9.17) is 4.65 Å². The van der Waals surface area contributed by atoms with Gasteiger partial charge in [-0.15, -0.1) is 0 Å². The molecular weight excluding hydrogens is 628 g/mol. The van der Waals surface area contributed by atoms with Crippen LogP contribution >= 0.6 is 0 Å². The predicted molar refractivity (Wildman–Crippen MR) is 155 cm³/mol. The Kier molecular flexibility index (Phi) is 11.0. The highest BCUT2D eigenvalue weighted by Crippen LogP contribution is 2.58. The van der Waals surface area contributed by atoms with Crippen LogP contribution in [0.4, 0.5) is 39.5 Å². The van der Waals surface area contributed by atoms with E-state index in [2.05, 4.69) is 28.2 Å². The summed E-state index contributed by atoms with van der Waals surface area (Å²) < 4.78 is 131. The van der Waals surface area contributed by atoms with E-state index in [1.54, 1.807) is 0 Å². The number of benzene rings is 3. The molecule has 3 aromatic carbocycles. The van der Waals surface area contributed by atoms with E-state index < -0.39 is 53.6 Å². The van der Waals surface area contributed by atoms with E-state index in [0.717, 1.165) is 53.0 Å². The van der Waals surface area contributed by atoms with Crippen molar-refractivity contribution in [2.75, 3.05) is 28.2 Å². The third-order valence-electron chi connectivity index (χ3n) is 7.60. The van der Waals surface area contributed by atoms with Crippen molar-refractivity contribution in [1.82, 2.24) is 0 Å². The maximum Gasteiger partial charge on any atom is 0.634 e. The van der Waals surface area contributed by atoms with Gasteiger partial charge in [0.15, 0.2) is 0 Å². The summed E-state index contributed by atoms with van der Waals surface area (Å²) in [6, 6.07) is 11.2. The molecule has 3 aromatic rings. The van der Waals surface area contributed by atoms with Crippen LogP contribution in [0.3, 0.4) is 0 Å². The highest BCUT2D eigenvalue weighted by atomic mass is 19.4. The summed E-state index contributed by atoms with van der Waals surface area (Å²) in [5, 5.41) is 20.2. The van der Waals surface area contributed by atoms with Crippen LogP contribution in [0.5, 0.6) is 0 Å². The van der Waals surface area contributed by atoms with Crippen LogP contribution in [0.1, 0.15) is 65.5 Å². The fourth-order valence-electron chi connectivity index (χ4n) is 5.94. The van der Waals surface area contributed by atoms with E-state index in [-0.39, 0.29) is 42.4 Å². The molecule has 0 saturated heterocycles. The highest BCUT2D eigenvalue weighted by Gasteiger charge is 2.58. The van der Waals surface area contributed by atoms with Gasteiger partial charge in [-0.05, 0) is 53.8 Å². The van der Waals surface area contributed by atoms with Gasteiger partial charge in [-0.2, -0.15) is 39.5 Å². The quantitative estimate of drug-likeness (QED) is 0.125. The molecule has 1 fully saturated rings. The molecule has 252 valence electrons. The van der Waals surface area contributed by atoms with Crippen molar-refractivity contribution in [1.29, 1.82) is 0 Å². The largest absolute Gasteiger partial charge is 0.634 e. The molecule has 0 aromatic heterocycles. The van der Waals surface area contributed by atoms with Crippen molar-refractivity contribution in [3.63, 3.8) is 0 Å². The molecule has 0 bridgehead atoms. The maximum atomic E-state index is 13.9. The van der Waals surface area contributed by atoms with Crippen LogP contribution < -0.4 is 0 Å². The lowest BCUT2D eigenvalue weighted by atomic mass is 9.57. The summed E-state index contributed by atoms with van der Waals surface area (Å²) in [6.07, 6.45) is -14.2. The molecule has 4 rings (SSSR count). The van der Waals surface area contributed by atoms with E-state index in [0.29, 0.717) is 12.5 Å². The Morgan fingerprint density at radius 3 is 1.30 bits per heavy atom. The number of halogens is 9. The summed E-state index contributed by atoms with van der Waals surface area (Å²) in [4.78, 5) is 0. The van der Waals surface area contributed by atoms with Crippen molar-refractivity contribution in [3.8, 4) is 0 Å². The van der Waals surface area contributed by atoms with Crippen LogP contribution in [-0.2, 0) is 34.2 Å². The second-order valence-electron chi connectivity index (χ2n) is 12.7. The van der Waals surface area contributed by atoms with Crippen LogP contribution in [0.2, 0.25) is 0 Å². The summed E-state index contributed by atoms with van der Waals surface area (Å²) in [5.41, 5.74) is -8.40. The molecule has 0 radical (unpaired) electrons. The van der Waals surface area contributed by atoms with Gasteiger partial charge in [0.2, 0.25) is 0 Å². The molecule has 1 saturated carbocycles. The molecule has 0 amide bonds. The zero-order chi connectivity index (χ0) is 34.8. The SMILES string of the molecule is C[N+](C)(C)C.OB(O)OC1(c2cccc(C(F)(F)F)c2)CCCCCC1(c1cccc(C(F)(F)F)c1)c1cccc(C(F)(F)F)c1. The third-order valence-corrected chi connectivity index (χ3v) is 7.60. The van der Waals surface area contributed by atoms with Crippen molar-refractivity contribution in [2.45, 2.75) is 61.6 Å². The van der Waals surface area contributed by atoms with Gasteiger partial charge in [-0.3, -0.25) is 0 Å². The summed E-state index contributed by atoms with van der Waals surface area (Å²) in [5.74, 6) is 0. The Morgan fingerprint density at radius 2 is 0.935 bits per heavy atom. The molecule has 0 aliphatic heterocycles. The number of quaternary nitrogens is 1. The molecule has 1 atom stereocenters. The number of nitrogens with zero attached hydrogens (tertiary/aromatic N) is 1. The van der Waals surface area contributed by atoms with Crippen molar-refractivity contribution >= 4 is 7.32 Å². The molecular formula is C32H36BF9NO3+. The summed E-state index contributed by atoms with van der Waals surface area (Å²) in [7, 11) is 5.86. The smallest absolute Gasteiger partial charge is 0.402 e. The Labute approximate surface area is 262 Å². The second-order valence-corrected chi connectivity index (χ2v) is 12.7. The molecule has 0 heterocycles. The average molecular weight is 664 g/mol. The zero-order valence-corrected chi connectivity index (χ0v) is 25.7. The standard InChI is InChI=1S/C28H24BF9O3.C4H12N/c30-26(31,32)21-10-4-7-18(15-21)24(19-8-5-11-22(16-19)27(33,34)35)13-2-1-3-14-25(24,41-29(39)40)20-9-6-12-23(17-20)28(36,37)38;1-5(2,3)4/h4-12,15-17,39-40H,1-3,13-14H2;1-4H3/q;+1. The van der Waals surface area contributed by atoms with Gasteiger partial charge in [0, 0.05) is 0 Å². The molecule has 1 unspecified atom stereocenters. The molecule has 46 heavy (non-hydrogen) atoms. The predicted octanol–water partition coefficient (Wildman–Crippen LogP) is 8.20. The fraction of sp³-hybridized carbons (Fsp3) is 0.438. The van der Waals surface area contributed by atoms with Gasteiger partial charge in [0.25, 0.3) is 0 Å². The Bertz CT molecular complexity index is 1400. The number of hydrogen-bond acceptors (Lipinski definition) is 3. The maximum absolute atomic E-state index is 13.9. The zero-order valence-electron chi connectivity index (χ0n) is 25.7. The Morgan fingerprint density at radius 1 is 0.587 bits per heavy atom. The monoisotopic (exact) mass is 664 g/mol. The molecule has 2 N–H and O–H groups in total. The van der Waals surface area contributed by atoms with Gasteiger partial charge in [0.05, 0.1) is 55.9 Å². The molecule has 0 spiro atoms. The number of alkyl halides is 9. The lowest BCUT2D eigenvalue weighted by Gasteiger charge is -2.52. The molecule has 1 aliphatic rings. The second kappa shape index (κ2) is 13.6. The highest BCUT2D eigenvalue weighted by molar-refractivity contribution is 6.32. The van der Waals surface area contributed by atoms with Crippen molar-refractivity contribution in [3.05, 3.63) is 106 Å². The van der Waals surface area contributed by atoms with E-state index >= 15 is 0 Å². The Balaban J connectivity index is 0.00000107. The molecule has 1 aliphatic carbocycles.